The number of hydrogen-bond donors (Lipinski definition) is 2. The van der Waals surface area contributed by atoms with Gasteiger partial charge < -0.3 is 10.0 Å². The Kier molecular flexibility index (Phi) is 6.19. The zero-order chi connectivity index (χ0) is 18.2. The fourth-order valence-electron chi connectivity index (χ4n) is 2.06. The van der Waals surface area contributed by atoms with Gasteiger partial charge in [0.2, 0.25) is 0 Å². The molecule has 2 aromatic carbocycles. The number of aliphatic hydroxyl groups excluding tert-OH is 1. The molecule has 0 aliphatic heterocycles. The molecule has 0 spiro atoms. The molecule has 1 amide bonds. The highest BCUT2D eigenvalue weighted by molar-refractivity contribution is 5.95. The van der Waals surface area contributed by atoms with E-state index >= 15 is 0 Å². The van der Waals surface area contributed by atoms with Crippen molar-refractivity contribution in [1.29, 1.82) is 0 Å². The predicted molar refractivity (Wildman–Crippen MR) is 95.0 cm³/mol. The topological polar surface area (TPSA) is 108 Å². The lowest BCUT2D eigenvalue weighted by molar-refractivity contribution is -0.384. The maximum Gasteiger partial charge on any atom is 0.271 e. The molecule has 0 aliphatic carbocycles. The molecule has 0 aliphatic rings. The van der Waals surface area contributed by atoms with Crippen LogP contribution in [0.15, 0.2) is 53.6 Å². The number of carbonyl (C=O) groups excluding carboxylic acids is 1. The molecule has 25 heavy (non-hydrogen) atoms. The van der Waals surface area contributed by atoms with Gasteiger partial charge in [0.15, 0.2) is 0 Å². The minimum Gasteiger partial charge on any atom is -0.395 e. The van der Waals surface area contributed by atoms with Gasteiger partial charge >= 0.3 is 0 Å². The molecule has 0 bridgehead atoms. The van der Waals surface area contributed by atoms with Crippen LogP contribution >= 0.6 is 0 Å². The number of anilines is 1. The van der Waals surface area contributed by atoms with Crippen LogP contribution in [0.2, 0.25) is 0 Å². The molecule has 2 aromatic rings. The number of nitrogens with one attached hydrogen (secondary N) is 1. The summed E-state index contributed by atoms with van der Waals surface area (Å²) in [6.45, 7) is 0.618. The number of non-ortho nitro benzene ring substituents is 1. The summed E-state index contributed by atoms with van der Waals surface area (Å²) < 4.78 is 0. The van der Waals surface area contributed by atoms with Crippen LogP contribution in [0.25, 0.3) is 0 Å². The normalized spacial score (nSPS) is 10.6. The molecule has 0 radical (unpaired) electrons. The van der Waals surface area contributed by atoms with Crippen molar-refractivity contribution < 1.29 is 14.8 Å². The molecule has 0 heterocycles. The third-order valence-corrected chi connectivity index (χ3v) is 3.49. The summed E-state index contributed by atoms with van der Waals surface area (Å²) in [5, 5.41) is 23.4. The number of nitro benzene ring substituents is 1. The third-order valence-electron chi connectivity index (χ3n) is 3.49. The van der Waals surface area contributed by atoms with E-state index in [9.17, 15) is 14.9 Å². The summed E-state index contributed by atoms with van der Waals surface area (Å²) in [5.41, 5.74) is 4.33. The first-order valence-corrected chi connectivity index (χ1v) is 7.51. The van der Waals surface area contributed by atoms with Crippen molar-refractivity contribution in [2.24, 2.45) is 5.10 Å². The second-order valence-electron chi connectivity index (χ2n) is 5.24. The quantitative estimate of drug-likeness (QED) is 0.453. The van der Waals surface area contributed by atoms with Crippen LogP contribution in [-0.4, -0.2) is 42.4 Å². The Morgan fingerprint density at radius 3 is 2.44 bits per heavy atom. The first kappa shape index (κ1) is 18.1. The zero-order valence-corrected chi connectivity index (χ0v) is 13.6. The van der Waals surface area contributed by atoms with Crippen LogP contribution < -0.4 is 10.3 Å². The fraction of sp³-hybridized carbons (Fsp3) is 0.176. The Bertz CT molecular complexity index is 757. The molecule has 0 aromatic heterocycles. The summed E-state index contributed by atoms with van der Waals surface area (Å²) in [4.78, 5) is 23.9. The number of hydrazone groups is 1. The van der Waals surface area contributed by atoms with Gasteiger partial charge in [-0.05, 0) is 29.8 Å². The van der Waals surface area contributed by atoms with Gasteiger partial charge in [0.25, 0.3) is 11.6 Å². The molecule has 8 nitrogen and oxygen atoms in total. The summed E-state index contributed by atoms with van der Waals surface area (Å²) >= 11 is 0. The van der Waals surface area contributed by atoms with Gasteiger partial charge in [-0.25, -0.2) is 5.43 Å². The van der Waals surface area contributed by atoms with Gasteiger partial charge in [0.1, 0.15) is 0 Å². The number of amides is 1. The predicted octanol–water partition coefficient (Wildman–Crippen LogP) is 1.79. The van der Waals surface area contributed by atoms with Crippen molar-refractivity contribution in [1.82, 2.24) is 5.43 Å². The van der Waals surface area contributed by atoms with Crippen molar-refractivity contribution in [2.45, 2.75) is 0 Å². The number of benzene rings is 2. The van der Waals surface area contributed by atoms with Crippen molar-refractivity contribution in [3.8, 4) is 0 Å². The largest absolute Gasteiger partial charge is 0.395 e. The molecule has 0 fully saturated rings. The maximum absolute atomic E-state index is 11.9. The molecule has 0 atom stereocenters. The molecular formula is C17H18N4O4. The van der Waals surface area contributed by atoms with Crippen LogP contribution in [0.3, 0.4) is 0 Å². The fourth-order valence-corrected chi connectivity index (χ4v) is 2.06. The zero-order valence-electron chi connectivity index (χ0n) is 13.6. The van der Waals surface area contributed by atoms with Gasteiger partial charge in [-0.2, -0.15) is 5.10 Å². The molecule has 2 N–H and O–H groups in total. The average molecular weight is 342 g/mol. The Balaban J connectivity index is 1.93. The van der Waals surface area contributed by atoms with E-state index in [2.05, 4.69) is 10.5 Å². The molecule has 0 saturated heterocycles. The Morgan fingerprint density at radius 1 is 1.24 bits per heavy atom. The Labute approximate surface area is 144 Å². The van der Waals surface area contributed by atoms with E-state index in [0.717, 1.165) is 11.3 Å². The first-order valence-electron chi connectivity index (χ1n) is 7.51. The van der Waals surface area contributed by atoms with Crippen LogP contribution in [0, 0.1) is 10.1 Å². The Hall–Kier alpha value is -3.26. The standard InChI is InChI=1S/C17H18N4O4/c1-20(10-11-22)15-6-2-13(3-7-15)12-18-19-17(23)14-4-8-16(9-5-14)21(24)25/h2-9,12,22H,10-11H2,1H3,(H,19,23). The Morgan fingerprint density at radius 2 is 1.88 bits per heavy atom. The SMILES string of the molecule is CN(CCO)c1ccc(C=NNC(=O)c2ccc([N+](=O)[O-])cc2)cc1. The van der Waals surface area contributed by atoms with E-state index in [4.69, 9.17) is 5.11 Å². The number of carbonyl (C=O) groups is 1. The third kappa shape index (κ3) is 5.11. The highest BCUT2D eigenvalue weighted by Crippen LogP contribution is 2.13. The van der Waals surface area contributed by atoms with Crippen molar-refractivity contribution in [3.05, 3.63) is 69.8 Å². The number of nitro groups is 1. The highest BCUT2D eigenvalue weighted by atomic mass is 16.6. The monoisotopic (exact) mass is 342 g/mol. The van der Waals surface area contributed by atoms with Crippen LogP contribution in [0.4, 0.5) is 11.4 Å². The molecule has 0 saturated carbocycles. The number of aliphatic hydroxyl groups is 1. The van der Waals surface area contributed by atoms with Gasteiger partial charge in [0, 0.05) is 37.0 Å². The van der Waals surface area contributed by atoms with Crippen molar-refractivity contribution in [3.63, 3.8) is 0 Å². The summed E-state index contributed by atoms with van der Waals surface area (Å²) in [7, 11) is 1.88. The second-order valence-corrected chi connectivity index (χ2v) is 5.24. The van der Waals surface area contributed by atoms with E-state index in [-0.39, 0.29) is 17.9 Å². The lowest BCUT2D eigenvalue weighted by atomic mass is 10.2. The van der Waals surface area contributed by atoms with E-state index < -0.39 is 10.8 Å². The van der Waals surface area contributed by atoms with Gasteiger partial charge in [-0.15, -0.1) is 0 Å². The second kappa shape index (κ2) is 8.55. The molecule has 2 rings (SSSR count). The van der Waals surface area contributed by atoms with Crippen LogP contribution in [-0.2, 0) is 0 Å². The summed E-state index contributed by atoms with van der Waals surface area (Å²) in [5.74, 6) is -0.453. The smallest absolute Gasteiger partial charge is 0.271 e. The van der Waals surface area contributed by atoms with Gasteiger partial charge in [-0.3, -0.25) is 14.9 Å². The van der Waals surface area contributed by atoms with Crippen molar-refractivity contribution in [2.75, 3.05) is 25.1 Å². The lowest BCUT2D eigenvalue weighted by Gasteiger charge is -2.17. The van der Waals surface area contributed by atoms with Gasteiger partial charge in [0.05, 0.1) is 17.7 Å². The number of rotatable bonds is 7. The van der Waals surface area contributed by atoms with E-state index in [1.165, 1.54) is 30.5 Å². The minimum absolute atomic E-state index is 0.0775. The van der Waals surface area contributed by atoms with Crippen molar-refractivity contribution >= 4 is 23.5 Å². The molecule has 130 valence electrons. The van der Waals surface area contributed by atoms with E-state index in [0.29, 0.717) is 6.54 Å². The number of nitrogens with zero attached hydrogens (tertiary/aromatic N) is 3. The summed E-state index contributed by atoms with van der Waals surface area (Å²) in [6, 6.07) is 12.7. The average Bonchev–Trinajstić information content (AvgIpc) is 2.62. The maximum atomic E-state index is 11.9. The molecular weight excluding hydrogens is 324 g/mol. The minimum atomic E-state index is -0.526. The number of hydrogen-bond acceptors (Lipinski definition) is 6. The highest BCUT2D eigenvalue weighted by Gasteiger charge is 2.08. The molecule has 0 unspecified atom stereocenters. The first-order chi connectivity index (χ1) is 12.0. The van der Waals surface area contributed by atoms with Gasteiger partial charge in [-0.1, -0.05) is 12.1 Å². The molecule has 8 heteroatoms. The van der Waals surface area contributed by atoms with Crippen LogP contribution in [0.1, 0.15) is 15.9 Å². The number of likely N-dealkylation sites (N-methyl/N-ethyl adjacent to an activating group) is 1. The van der Waals surface area contributed by atoms with E-state index in [1.54, 1.807) is 0 Å². The summed E-state index contributed by atoms with van der Waals surface area (Å²) in [6.07, 6.45) is 1.50. The lowest BCUT2D eigenvalue weighted by Crippen LogP contribution is -2.20. The van der Waals surface area contributed by atoms with E-state index in [1.807, 2.05) is 36.2 Å². The van der Waals surface area contributed by atoms with Crippen LogP contribution in [0.5, 0.6) is 0 Å².